The first-order valence-electron chi connectivity index (χ1n) is 6.45. The third-order valence-corrected chi connectivity index (χ3v) is 3.11. The van der Waals surface area contributed by atoms with Gasteiger partial charge in [-0.15, -0.1) is 46.2 Å². The van der Waals surface area contributed by atoms with Crippen molar-refractivity contribution >= 4 is 28.4 Å². The monoisotopic (exact) mass is 408 g/mol. The summed E-state index contributed by atoms with van der Waals surface area (Å²) in [4.78, 5) is 0. The molecule has 3 aromatic rings. The Bertz CT molecular complexity index is 677. The second kappa shape index (κ2) is 15.4. The van der Waals surface area contributed by atoms with E-state index in [1.54, 1.807) is 0 Å². The van der Waals surface area contributed by atoms with Crippen LogP contribution in [0.25, 0.3) is 21.5 Å². The minimum atomic E-state index is 0. The molecule has 0 bridgehead atoms. The van der Waals surface area contributed by atoms with Crippen molar-refractivity contribution in [1.82, 2.24) is 0 Å². The molecular weight excluding hydrogens is 384 g/mol. The Kier molecular flexibility index (Phi) is 17.8. The molecule has 3 aromatic carbocycles. The van der Waals surface area contributed by atoms with Crippen molar-refractivity contribution < 1.29 is 23.3 Å². The Morgan fingerprint density at radius 3 is 1.58 bits per heavy atom. The first-order valence-corrected chi connectivity index (χ1v) is 10.6. The molecule has 1 aliphatic carbocycles. The molecule has 0 atom stereocenters. The van der Waals surface area contributed by atoms with Crippen LogP contribution >= 0.6 is 0 Å². The van der Waals surface area contributed by atoms with Gasteiger partial charge in [0.1, 0.15) is 0 Å². The number of hydrogen-bond acceptors (Lipinski definition) is 0. The largest absolute Gasteiger partial charge is 0.126 e. The Labute approximate surface area is 166 Å². The molecular formula is C22H26SiZr-6. The molecule has 1 aliphatic rings. The first-order chi connectivity index (χ1) is 9.95. The summed E-state index contributed by atoms with van der Waals surface area (Å²) in [5.41, 5.74) is 0. The quantitative estimate of drug-likeness (QED) is 0.296. The van der Waals surface area contributed by atoms with Gasteiger partial charge >= 0.3 is 30.2 Å². The van der Waals surface area contributed by atoms with Gasteiger partial charge < -0.3 is 29.7 Å². The number of benzene rings is 2. The summed E-state index contributed by atoms with van der Waals surface area (Å²) in [5.74, 6) is 0. The molecule has 0 nitrogen and oxygen atoms in total. The summed E-state index contributed by atoms with van der Waals surface area (Å²) in [7, 11) is 0. The summed E-state index contributed by atoms with van der Waals surface area (Å²) in [6.45, 7) is 3.06. The molecule has 0 amide bonds. The average molecular weight is 410 g/mol. The fraction of sp³-hybridized carbons (Fsp3) is 0.0455. The zero-order valence-electron chi connectivity index (χ0n) is 15.1. The molecule has 0 heterocycles. The third kappa shape index (κ3) is 7.20. The standard InChI is InChI=1S/C13H9.C5H5.4CH3.Si.Zr/c1-3-7-12-10(5-1)9-11-6-2-4-8-13(11)12;1-2-4-5-3-1;;;;;;/h1-9H;1-3H,4H2;4*1H3;;/q6*-1;;. The molecule has 0 saturated heterocycles. The van der Waals surface area contributed by atoms with E-state index in [1.807, 2.05) is 12.2 Å². The average Bonchev–Trinajstić information content (AvgIpc) is 3.20. The normalized spacial score (nSPS) is 9.79. The van der Waals surface area contributed by atoms with Crippen LogP contribution in [-0.2, 0) is 23.3 Å². The Morgan fingerprint density at radius 1 is 0.792 bits per heavy atom. The SMILES string of the molecule is [C-]1=CC=CC1.[CH3-].[CH3-].[CH3-].[CH3-].[Si]=[Zr].c1ccc2c(c1)[cH-]c1ccccc12. The van der Waals surface area contributed by atoms with Crippen LogP contribution in [0.1, 0.15) is 6.42 Å². The maximum atomic E-state index is 3.06. The van der Waals surface area contributed by atoms with E-state index < -0.39 is 0 Å². The van der Waals surface area contributed by atoms with E-state index in [-0.39, 0.29) is 29.7 Å². The van der Waals surface area contributed by atoms with Crippen molar-refractivity contribution in [1.29, 1.82) is 0 Å². The zero-order valence-corrected chi connectivity index (χ0v) is 18.6. The predicted octanol–water partition coefficient (Wildman–Crippen LogP) is 6.44. The van der Waals surface area contributed by atoms with Crippen LogP contribution in [0.4, 0.5) is 0 Å². The zero-order chi connectivity index (χ0) is 14.2. The van der Waals surface area contributed by atoms with Crippen LogP contribution in [0.5, 0.6) is 0 Å². The van der Waals surface area contributed by atoms with Gasteiger partial charge in [0.2, 0.25) is 0 Å². The molecule has 0 unspecified atom stereocenters. The van der Waals surface area contributed by atoms with Gasteiger partial charge in [-0.2, -0.15) is 6.08 Å². The summed E-state index contributed by atoms with van der Waals surface area (Å²) in [6.07, 6.45) is 10.0. The van der Waals surface area contributed by atoms with Crippen molar-refractivity contribution in [2.45, 2.75) is 6.42 Å². The minimum absolute atomic E-state index is 0. The van der Waals surface area contributed by atoms with Gasteiger partial charge in [-0.05, 0) is 0 Å². The summed E-state index contributed by atoms with van der Waals surface area (Å²) in [6, 6.07) is 19.3. The van der Waals surface area contributed by atoms with E-state index in [9.17, 15) is 0 Å². The van der Waals surface area contributed by atoms with Crippen molar-refractivity contribution in [2.75, 3.05) is 0 Å². The topological polar surface area (TPSA) is 0 Å². The van der Waals surface area contributed by atoms with Crippen LogP contribution in [0.15, 0.2) is 72.8 Å². The summed E-state index contributed by atoms with van der Waals surface area (Å²) >= 11 is 1.36. The van der Waals surface area contributed by atoms with Gasteiger partial charge in [0.15, 0.2) is 0 Å². The van der Waals surface area contributed by atoms with Gasteiger partial charge in [-0.3, -0.25) is 6.08 Å². The van der Waals surface area contributed by atoms with Crippen LogP contribution in [0.2, 0.25) is 0 Å². The van der Waals surface area contributed by atoms with Crippen LogP contribution < -0.4 is 0 Å². The van der Waals surface area contributed by atoms with Crippen LogP contribution in [0, 0.1) is 35.8 Å². The molecule has 2 heteroatoms. The molecule has 4 rings (SSSR count). The Hall–Kier alpha value is -1.11. The molecule has 0 saturated carbocycles. The summed E-state index contributed by atoms with van der Waals surface area (Å²) in [5, 5.41) is 5.39. The van der Waals surface area contributed by atoms with Crippen molar-refractivity contribution in [2.24, 2.45) is 0 Å². The van der Waals surface area contributed by atoms with Crippen molar-refractivity contribution in [3.63, 3.8) is 0 Å². The van der Waals surface area contributed by atoms with Gasteiger partial charge in [-0.1, -0.05) is 36.4 Å². The van der Waals surface area contributed by atoms with Gasteiger partial charge in [0, 0.05) is 0 Å². The Morgan fingerprint density at radius 2 is 1.25 bits per heavy atom. The van der Waals surface area contributed by atoms with Gasteiger partial charge in [0.05, 0.1) is 0 Å². The van der Waals surface area contributed by atoms with E-state index >= 15 is 0 Å². The van der Waals surface area contributed by atoms with Gasteiger partial charge in [0.25, 0.3) is 0 Å². The number of fused-ring (bicyclic) bond motifs is 3. The summed E-state index contributed by atoms with van der Waals surface area (Å²) < 4.78 is 0. The van der Waals surface area contributed by atoms with Crippen LogP contribution in [0.3, 0.4) is 0 Å². The predicted molar refractivity (Wildman–Crippen MR) is 110 cm³/mol. The molecule has 0 N–H and O–H groups in total. The van der Waals surface area contributed by atoms with E-state index in [0.717, 1.165) is 6.42 Å². The molecule has 128 valence electrons. The molecule has 0 fully saturated rings. The maximum Gasteiger partial charge on any atom is -0.0771 e. The van der Waals surface area contributed by atoms with E-state index in [1.165, 1.54) is 44.9 Å². The van der Waals surface area contributed by atoms with Crippen LogP contribution in [-0.4, -0.2) is 6.88 Å². The smallest absolute Gasteiger partial charge is 0.0771 e. The molecule has 0 aromatic heterocycles. The number of allylic oxidation sites excluding steroid dienone is 4. The van der Waals surface area contributed by atoms with Crippen molar-refractivity contribution in [3.8, 4) is 0 Å². The maximum absolute atomic E-state index is 3.06. The Balaban J connectivity index is -0.000000351. The molecule has 24 heavy (non-hydrogen) atoms. The third-order valence-electron chi connectivity index (χ3n) is 3.11. The first kappa shape index (κ1) is 27.7. The van der Waals surface area contributed by atoms with Crippen molar-refractivity contribution in [3.05, 3.63) is 109 Å². The van der Waals surface area contributed by atoms with E-state index in [2.05, 4.69) is 73.6 Å². The molecule has 2 radical (unpaired) electrons. The second-order valence-electron chi connectivity index (χ2n) is 4.32. The fourth-order valence-electron chi connectivity index (χ4n) is 2.24. The molecule has 0 aliphatic heterocycles. The minimum Gasteiger partial charge on any atom is -0.126 e. The number of rotatable bonds is 0. The second-order valence-corrected chi connectivity index (χ2v) is 4.32. The van der Waals surface area contributed by atoms with Gasteiger partial charge in [-0.25, -0.2) is 12.2 Å². The van der Waals surface area contributed by atoms with E-state index in [0.29, 0.717) is 0 Å². The molecule has 0 spiro atoms. The fourth-order valence-corrected chi connectivity index (χ4v) is 2.24. The number of hydrogen-bond donors (Lipinski definition) is 0. The van der Waals surface area contributed by atoms with E-state index in [4.69, 9.17) is 0 Å².